The molecule has 0 N–H and O–H groups in total. The summed E-state index contributed by atoms with van der Waals surface area (Å²) >= 11 is 0. The second-order valence-electron chi connectivity index (χ2n) is 20.0. The highest BCUT2D eigenvalue weighted by molar-refractivity contribution is 6.74. The van der Waals surface area contributed by atoms with E-state index in [9.17, 15) is 9.59 Å². The summed E-state index contributed by atoms with van der Waals surface area (Å²) in [4.78, 5) is 28.7. The molecule has 0 unspecified atom stereocenters. The van der Waals surface area contributed by atoms with E-state index in [1.165, 1.54) is 0 Å². The normalized spacial score (nSPS) is 42.4. The second-order valence-corrected chi connectivity index (χ2v) is 24.8. The molecule has 0 saturated heterocycles. The van der Waals surface area contributed by atoms with Crippen LogP contribution in [-0.2, 0) is 25.4 Å². The van der Waals surface area contributed by atoms with Crippen molar-refractivity contribution in [2.75, 3.05) is 0 Å². The van der Waals surface area contributed by atoms with E-state index in [1.807, 2.05) is 18.2 Å². The van der Waals surface area contributed by atoms with Crippen LogP contribution in [-0.4, -0.2) is 26.2 Å². The molecule has 1 aromatic rings. The Hall–Kier alpha value is -1.72. The molecule has 0 spiro atoms. The highest BCUT2D eigenvalue weighted by Crippen LogP contribution is 2.75. The van der Waals surface area contributed by atoms with Crippen molar-refractivity contribution in [3.05, 3.63) is 47.5 Å². The third kappa shape index (κ3) is 5.12. The van der Waals surface area contributed by atoms with Crippen LogP contribution in [0.1, 0.15) is 126 Å². The van der Waals surface area contributed by atoms with Crippen molar-refractivity contribution >= 4 is 20.1 Å². The topological polar surface area (TPSA) is 52.6 Å². The van der Waals surface area contributed by atoms with Crippen molar-refractivity contribution in [3.8, 4) is 0 Å². The number of rotatable bonds is 5. The maximum atomic E-state index is 14.4. The van der Waals surface area contributed by atoms with Crippen LogP contribution in [0.4, 0.5) is 0 Å². The summed E-state index contributed by atoms with van der Waals surface area (Å²) in [6, 6.07) is 10.2. The van der Waals surface area contributed by atoms with Gasteiger partial charge in [0.05, 0.1) is 5.41 Å². The monoisotopic (exact) mass is 674 g/mol. The molecule has 1 aromatic carbocycles. The van der Waals surface area contributed by atoms with E-state index in [1.54, 1.807) is 5.57 Å². The summed E-state index contributed by atoms with van der Waals surface area (Å²) in [6.45, 7) is 28.8. The predicted octanol–water partition coefficient (Wildman–Crippen LogP) is 11.0. The molecule has 0 amide bonds. The van der Waals surface area contributed by atoms with Gasteiger partial charge in [-0.25, -0.2) is 0 Å². The molecule has 10 atom stereocenters. The SMILES string of the molecule is C[C@H]1[C@H](C)CC[C@]2(C(=O)OCc3ccccc3)CC[C@]3(C)C(=CC[C@@H]4[C@@]5(C)C[C@H](O[Si](C)(C)C(C)(C)C)C(=O)C(C)(C)[C@@H]5CC[C@]43C)[C@H]12. The molecular formula is C43H66O4Si. The highest BCUT2D eigenvalue weighted by Gasteiger charge is 2.71. The molecule has 6 rings (SSSR count). The standard InChI is InChI=1S/C43H66O4Si/c1-28-20-23-43(37(45)46-27-30-16-14-13-15-17-30)25-24-41(9)31(35(43)29(28)2)18-19-34-40(8)26-32(47-48(11,12)38(3,4)5)36(44)39(6,7)33(40)21-22-42(34,41)10/h13-18,28-29,32-35H,19-27H2,1-12H3/t28-,29+,32+,33+,34-,35+,40+,41-,42-,43+/m1/s1. The fourth-order valence-corrected chi connectivity index (χ4v) is 13.5. The Morgan fingerprint density at radius 1 is 0.917 bits per heavy atom. The first kappa shape index (κ1) is 36.1. The number of fused-ring (bicyclic) bond motifs is 7. The number of carbonyl (C=O) groups is 2. The van der Waals surface area contributed by atoms with Gasteiger partial charge in [0.15, 0.2) is 14.1 Å². The van der Waals surface area contributed by atoms with E-state index in [2.05, 4.69) is 101 Å². The van der Waals surface area contributed by atoms with Crippen LogP contribution in [0.15, 0.2) is 42.0 Å². The molecule has 4 nitrogen and oxygen atoms in total. The molecule has 4 fully saturated rings. The van der Waals surface area contributed by atoms with E-state index in [4.69, 9.17) is 9.16 Å². The Balaban J connectivity index is 1.37. The largest absolute Gasteiger partial charge is 0.460 e. The lowest BCUT2D eigenvalue weighted by molar-refractivity contribution is -0.201. The summed E-state index contributed by atoms with van der Waals surface area (Å²) in [6.07, 6.45) is 10.3. The van der Waals surface area contributed by atoms with E-state index < -0.39 is 19.1 Å². The fraction of sp³-hybridized carbons (Fsp3) is 0.767. The van der Waals surface area contributed by atoms with Gasteiger partial charge in [0.25, 0.3) is 0 Å². The van der Waals surface area contributed by atoms with Gasteiger partial charge >= 0.3 is 5.97 Å². The molecule has 48 heavy (non-hydrogen) atoms. The maximum Gasteiger partial charge on any atom is 0.313 e. The minimum absolute atomic E-state index is 0.00287. The molecule has 0 aromatic heterocycles. The van der Waals surface area contributed by atoms with Crippen LogP contribution in [0.5, 0.6) is 0 Å². The van der Waals surface area contributed by atoms with Crippen LogP contribution in [0, 0.1) is 56.7 Å². The van der Waals surface area contributed by atoms with Crippen LogP contribution in [0.25, 0.3) is 0 Å². The van der Waals surface area contributed by atoms with Gasteiger partial charge in [0, 0.05) is 5.41 Å². The lowest BCUT2D eigenvalue weighted by Crippen LogP contribution is -2.67. The van der Waals surface area contributed by atoms with Gasteiger partial charge in [-0.1, -0.05) is 111 Å². The van der Waals surface area contributed by atoms with Gasteiger partial charge in [-0.3, -0.25) is 9.59 Å². The zero-order valence-corrected chi connectivity index (χ0v) is 33.4. The maximum absolute atomic E-state index is 14.4. The molecule has 0 bridgehead atoms. The molecule has 5 heteroatoms. The number of carbonyl (C=O) groups excluding carboxylic acids is 2. The van der Waals surface area contributed by atoms with E-state index >= 15 is 0 Å². The molecular weight excluding hydrogens is 609 g/mol. The molecule has 0 radical (unpaired) electrons. The lowest BCUT2D eigenvalue weighted by atomic mass is 9.33. The fourth-order valence-electron chi connectivity index (χ4n) is 12.3. The first-order valence-corrected chi connectivity index (χ1v) is 22.2. The third-order valence-corrected chi connectivity index (χ3v) is 21.0. The number of allylic oxidation sites excluding steroid dienone is 2. The average Bonchev–Trinajstić information content (AvgIpc) is 3.00. The van der Waals surface area contributed by atoms with E-state index in [0.717, 1.165) is 56.9 Å². The Morgan fingerprint density at radius 2 is 1.58 bits per heavy atom. The smallest absolute Gasteiger partial charge is 0.313 e. The molecule has 266 valence electrons. The Kier molecular flexibility index (Phi) is 8.76. The van der Waals surface area contributed by atoms with Crippen LogP contribution in [0.2, 0.25) is 18.1 Å². The first-order valence-electron chi connectivity index (χ1n) is 19.3. The highest BCUT2D eigenvalue weighted by atomic mass is 28.4. The number of ether oxygens (including phenoxy) is 1. The van der Waals surface area contributed by atoms with Crippen molar-refractivity contribution in [2.24, 2.45) is 56.7 Å². The van der Waals surface area contributed by atoms with Gasteiger partial charge in [0.2, 0.25) is 0 Å². The summed E-state index contributed by atoms with van der Waals surface area (Å²) in [7, 11) is -2.15. The zero-order valence-electron chi connectivity index (χ0n) is 32.4. The Labute approximate surface area is 293 Å². The van der Waals surface area contributed by atoms with Crippen molar-refractivity contribution in [1.82, 2.24) is 0 Å². The van der Waals surface area contributed by atoms with Gasteiger partial charge < -0.3 is 9.16 Å². The van der Waals surface area contributed by atoms with Crippen molar-refractivity contribution in [1.29, 1.82) is 0 Å². The quantitative estimate of drug-likeness (QED) is 0.177. The Morgan fingerprint density at radius 3 is 2.23 bits per heavy atom. The summed E-state index contributed by atoms with van der Waals surface area (Å²) in [5, 5.41) is 0.0525. The van der Waals surface area contributed by atoms with Crippen molar-refractivity contribution in [3.63, 3.8) is 0 Å². The molecule has 5 aliphatic carbocycles. The average molecular weight is 675 g/mol. The van der Waals surface area contributed by atoms with Gasteiger partial charge in [-0.15, -0.1) is 0 Å². The number of Topliss-reactive ketones (excluding diaryl/α,β-unsaturated/α-hetero) is 1. The van der Waals surface area contributed by atoms with E-state index in [0.29, 0.717) is 36.1 Å². The molecule has 5 aliphatic rings. The van der Waals surface area contributed by atoms with E-state index in [-0.39, 0.29) is 39.3 Å². The number of benzene rings is 1. The Bertz CT molecular complexity index is 1450. The number of esters is 1. The second kappa shape index (κ2) is 11.7. The van der Waals surface area contributed by atoms with Gasteiger partial charge in [-0.2, -0.15) is 0 Å². The van der Waals surface area contributed by atoms with Crippen LogP contribution in [0.3, 0.4) is 0 Å². The summed E-state index contributed by atoms with van der Waals surface area (Å²) in [5.74, 6) is 2.38. The first-order chi connectivity index (χ1) is 22.2. The zero-order chi connectivity index (χ0) is 35.3. The lowest BCUT2D eigenvalue weighted by Gasteiger charge is -2.71. The summed E-state index contributed by atoms with van der Waals surface area (Å²) in [5.41, 5.74) is 1.84. The van der Waals surface area contributed by atoms with Crippen molar-refractivity contribution in [2.45, 2.75) is 151 Å². The minimum atomic E-state index is -2.15. The minimum Gasteiger partial charge on any atom is -0.460 e. The number of hydrogen-bond acceptors (Lipinski definition) is 4. The number of hydrogen-bond donors (Lipinski definition) is 0. The van der Waals surface area contributed by atoms with Gasteiger partial charge in [-0.05, 0) is 121 Å². The molecule has 4 saturated carbocycles. The number of ketones is 1. The molecule has 0 heterocycles. The van der Waals surface area contributed by atoms with Crippen LogP contribution < -0.4 is 0 Å². The third-order valence-electron chi connectivity index (χ3n) is 16.5. The molecule has 0 aliphatic heterocycles. The van der Waals surface area contributed by atoms with Crippen molar-refractivity contribution < 1.29 is 18.8 Å². The predicted molar refractivity (Wildman–Crippen MR) is 198 cm³/mol. The van der Waals surface area contributed by atoms with Crippen LogP contribution >= 0.6 is 0 Å². The summed E-state index contributed by atoms with van der Waals surface area (Å²) < 4.78 is 13.3. The van der Waals surface area contributed by atoms with Gasteiger partial charge in [0.1, 0.15) is 12.7 Å².